The normalized spacial score (nSPS) is 12.5. The van der Waals surface area contributed by atoms with Crippen molar-refractivity contribution in [3.63, 3.8) is 0 Å². The minimum atomic E-state index is -4.67. The van der Waals surface area contributed by atoms with Crippen LogP contribution in [-0.2, 0) is 6.54 Å². The number of thioether (sulfide) groups is 1. The SMILES string of the molecule is CN=c1sc2cc(OC(F)(F)F)ccc2n1CCSC.Cl. The van der Waals surface area contributed by atoms with Gasteiger partial charge in [0, 0.05) is 19.3 Å². The van der Waals surface area contributed by atoms with Crippen LogP contribution in [0.4, 0.5) is 13.2 Å². The second-order valence-corrected chi connectivity index (χ2v) is 5.92. The largest absolute Gasteiger partial charge is 0.573 e. The van der Waals surface area contributed by atoms with Crippen LogP contribution >= 0.6 is 35.5 Å². The lowest BCUT2D eigenvalue weighted by molar-refractivity contribution is -0.274. The zero-order valence-electron chi connectivity index (χ0n) is 11.3. The average molecular weight is 359 g/mol. The van der Waals surface area contributed by atoms with Crippen molar-refractivity contribution >= 4 is 45.7 Å². The molecule has 1 aromatic heterocycles. The third-order valence-corrected chi connectivity index (χ3v) is 4.32. The highest BCUT2D eigenvalue weighted by molar-refractivity contribution is 7.98. The van der Waals surface area contributed by atoms with E-state index in [-0.39, 0.29) is 18.2 Å². The molecule has 0 fully saturated rings. The highest BCUT2D eigenvalue weighted by Gasteiger charge is 2.31. The molecule has 0 aliphatic heterocycles. The Bertz CT molecular complexity index is 667. The van der Waals surface area contributed by atoms with E-state index in [0.29, 0.717) is 0 Å². The summed E-state index contributed by atoms with van der Waals surface area (Å²) in [6.45, 7) is 0.771. The van der Waals surface area contributed by atoms with Crippen LogP contribution in [0.1, 0.15) is 0 Å². The quantitative estimate of drug-likeness (QED) is 0.828. The topological polar surface area (TPSA) is 26.5 Å². The van der Waals surface area contributed by atoms with E-state index in [2.05, 4.69) is 9.73 Å². The summed E-state index contributed by atoms with van der Waals surface area (Å²) < 4.78 is 43.3. The van der Waals surface area contributed by atoms with E-state index in [0.717, 1.165) is 27.3 Å². The zero-order valence-corrected chi connectivity index (χ0v) is 13.8. The maximum Gasteiger partial charge on any atom is 0.573 e. The third kappa shape index (κ3) is 4.55. The Morgan fingerprint density at radius 1 is 1.38 bits per heavy atom. The van der Waals surface area contributed by atoms with Crippen LogP contribution in [0.2, 0.25) is 0 Å². The number of nitrogens with zero attached hydrogens (tertiary/aromatic N) is 2. The monoisotopic (exact) mass is 358 g/mol. The Balaban J connectivity index is 0.00000220. The molecule has 0 N–H and O–H groups in total. The summed E-state index contributed by atoms with van der Waals surface area (Å²) in [6.07, 6.45) is -2.66. The third-order valence-electron chi connectivity index (χ3n) is 2.60. The molecule has 1 aromatic carbocycles. The van der Waals surface area contributed by atoms with Gasteiger partial charge in [0.15, 0.2) is 4.80 Å². The molecule has 0 amide bonds. The lowest BCUT2D eigenvalue weighted by Crippen LogP contribution is -2.17. The van der Waals surface area contributed by atoms with Crippen molar-refractivity contribution in [2.75, 3.05) is 19.1 Å². The summed E-state index contributed by atoms with van der Waals surface area (Å²) in [6, 6.07) is 4.37. The molecule has 0 spiro atoms. The van der Waals surface area contributed by atoms with Gasteiger partial charge in [-0.2, -0.15) is 11.8 Å². The fourth-order valence-electron chi connectivity index (χ4n) is 1.82. The van der Waals surface area contributed by atoms with Gasteiger partial charge in [0.2, 0.25) is 0 Å². The molecule has 0 atom stereocenters. The molecule has 0 bridgehead atoms. The predicted molar refractivity (Wildman–Crippen MR) is 83.6 cm³/mol. The predicted octanol–water partition coefficient (Wildman–Crippen LogP) is 3.92. The van der Waals surface area contributed by atoms with Crippen molar-refractivity contribution in [1.82, 2.24) is 4.57 Å². The van der Waals surface area contributed by atoms with Crippen LogP contribution in [0.3, 0.4) is 0 Å². The van der Waals surface area contributed by atoms with Crippen molar-refractivity contribution < 1.29 is 17.9 Å². The summed E-state index contributed by atoms with van der Waals surface area (Å²) in [4.78, 5) is 4.96. The first-order valence-corrected chi connectivity index (χ1v) is 7.96. The van der Waals surface area contributed by atoms with Gasteiger partial charge in [0.1, 0.15) is 5.75 Å². The van der Waals surface area contributed by atoms with Gasteiger partial charge in [0.05, 0.1) is 10.2 Å². The minimum absolute atomic E-state index is 0. The zero-order chi connectivity index (χ0) is 14.8. The highest BCUT2D eigenvalue weighted by Crippen LogP contribution is 2.27. The molecule has 118 valence electrons. The molecule has 2 aromatic rings. The first-order valence-electron chi connectivity index (χ1n) is 5.75. The standard InChI is InChI=1S/C12H13F3N2OS2.ClH/c1-16-11-17(5-6-19-2)9-4-3-8(7-10(9)20-11)18-12(13,14)15;/h3-4,7H,5-6H2,1-2H3;1H. The van der Waals surface area contributed by atoms with Crippen LogP contribution in [0, 0.1) is 0 Å². The van der Waals surface area contributed by atoms with E-state index in [1.54, 1.807) is 24.9 Å². The van der Waals surface area contributed by atoms with Gasteiger partial charge in [-0.1, -0.05) is 11.3 Å². The first-order chi connectivity index (χ1) is 9.44. The van der Waals surface area contributed by atoms with Gasteiger partial charge < -0.3 is 9.30 Å². The lowest BCUT2D eigenvalue weighted by Gasteiger charge is -2.09. The van der Waals surface area contributed by atoms with E-state index in [4.69, 9.17) is 0 Å². The van der Waals surface area contributed by atoms with Gasteiger partial charge in [-0.25, -0.2) is 0 Å². The summed E-state index contributed by atoms with van der Waals surface area (Å²) in [5, 5.41) is 0. The molecule has 0 aliphatic rings. The summed E-state index contributed by atoms with van der Waals surface area (Å²) >= 11 is 3.06. The molecule has 2 rings (SSSR count). The van der Waals surface area contributed by atoms with Gasteiger partial charge in [-0.3, -0.25) is 4.99 Å². The van der Waals surface area contributed by atoms with E-state index in [9.17, 15) is 13.2 Å². The average Bonchev–Trinajstić information content (AvgIpc) is 2.71. The van der Waals surface area contributed by atoms with Crippen molar-refractivity contribution in [2.24, 2.45) is 4.99 Å². The first kappa shape index (κ1) is 18.2. The molecule has 1 heterocycles. The number of ether oxygens (including phenoxy) is 1. The lowest BCUT2D eigenvalue weighted by atomic mass is 10.3. The Kier molecular flexibility index (Phi) is 6.42. The van der Waals surface area contributed by atoms with Crippen LogP contribution in [0.25, 0.3) is 10.2 Å². The maximum absolute atomic E-state index is 12.2. The number of halogens is 4. The molecular formula is C12H14ClF3N2OS2. The fraction of sp³-hybridized carbons (Fsp3) is 0.417. The molecular weight excluding hydrogens is 345 g/mol. The van der Waals surface area contributed by atoms with Crippen LogP contribution < -0.4 is 9.54 Å². The van der Waals surface area contributed by atoms with E-state index in [1.807, 2.05) is 10.8 Å². The molecule has 3 nitrogen and oxygen atoms in total. The number of thiazole rings is 1. The number of rotatable bonds is 4. The van der Waals surface area contributed by atoms with Gasteiger partial charge in [-0.05, 0) is 24.5 Å². The number of fused-ring (bicyclic) bond motifs is 1. The Morgan fingerprint density at radius 3 is 2.67 bits per heavy atom. The summed E-state index contributed by atoms with van der Waals surface area (Å²) in [5.74, 6) is 0.714. The van der Waals surface area contributed by atoms with E-state index in [1.165, 1.54) is 23.5 Å². The van der Waals surface area contributed by atoms with Gasteiger partial charge in [0.25, 0.3) is 0 Å². The smallest absolute Gasteiger partial charge is 0.406 e. The van der Waals surface area contributed by atoms with Gasteiger partial charge in [-0.15, -0.1) is 25.6 Å². The van der Waals surface area contributed by atoms with Crippen molar-refractivity contribution in [3.8, 4) is 5.75 Å². The van der Waals surface area contributed by atoms with Crippen molar-refractivity contribution in [3.05, 3.63) is 23.0 Å². The van der Waals surface area contributed by atoms with Crippen LogP contribution in [0.15, 0.2) is 23.2 Å². The Morgan fingerprint density at radius 2 is 2.10 bits per heavy atom. The maximum atomic E-state index is 12.2. The second-order valence-electron chi connectivity index (χ2n) is 3.93. The highest BCUT2D eigenvalue weighted by atomic mass is 35.5. The Labute approximate surface area is 134 Å². The van der Waals surface area contributed by atoms with Crippen LogP contribution in [-0.4, -0.2) is 30.0 Å². The molecule has 0 unspecified atom stereocenters. The van der Waals surface area contributed by atoms with Crippen molar-refractivity contribution in [1.29, 1.82) is 0 Å². The summed E-state index contributed by atoms with van der Waals surface area (Å²) in [5.41, 5.74) is 0.874. The number of hydrogen-bond acceptors (Lipinski definition) is 4. The molecule has 21 heavy (non-hydrogen) atoms. The molecule has 0 saturated carbocycles. The Hall–Kier alpha value is -0.860. The number of benzene rings is 1. The van der Waals surface area contributed by atoms with Crippen LogP contribution in [0.5, 0.6) is 5.75 Å². The molecule has 0 radical (unpaired) electrons. The van der Waals surface area contributed by atoms with E-state index >= 15 is 0 Å². The molecule has 0 saturated heterocycles. The number of hydrogen-bond donors (Lipinski definition) is 0. The number of aryl methyl sites for hydroxylation is 1. The number of aromatic nitrogens is 1. The summed E-state index contributed by atoms with van der Waals surface area (Å²) in [7, 11) is 1.67. The minimum Gasteiger partial charge on any atom is -0.406 e. The molecule has 9 heteroatoms. The van der Waals surface area contributed by atoms with E-state index < -0.39 is 6.36 Å². The van der Waals surface area contributed by atoms with Gasteiger partial charge >= 0.3 is 6.36 Å². The van der Waals surface area contributed by atoms with Crippen molar-refractivity contribution in [2.45, 2.75) is 12.9 Å². The number of alkyl halides is 3. The fourth-order valence-corrected chi connectivity index (χ4v) is 3.23. The molecule has 0 aliphatic carbocycles. The second kappa shape index (κ2) is 7.42.